The number of hydrogen-bond acceptors (Lipinski definition) is 7. The fraction of sp³-hybridized carbons (Fsp3) is 0.176. The summed E-state index contributed by atoms with van der Waals surface area (Å²) >= 11 is 0. The zero-order chi connectivity index (χ0) is 17.6. The number of fused-ring (bicyclic) bond motifs is 1. The number of nitrogens with zero attached hydrogens (tertiary/aromatic N) is 2. The number of hydrogen-bond donors (Lipinski definition) is 0. The van der Waals surface area contributed by atoms with Crippen molar-refractivity contribution in [2.45, 2.75) is 6.10 Å². The van der Waals surface area contributed by atoms with Gasteiger partial charge in [-0.1, -0.05) is 5.16 Å². The van der Waals surface area contributed by atoms with Crippen molar-refractivity contribution in [1.29, 1.82) is 0 Å². The molecule has 2 aliphatic rings. The minimum atomic E-state index is -1.14. The fourth-order valence-electron chi connectivity index (χ4n) is 2.89. The van der Waals surface area contributed by atoms with Gasteiger partial charge in [0.1, 0.15) is 17.4 Å². The summed E-state index contributed by atoms with van der Waals surface area (Å²) in [5, 5.41) is 3.65. The number of ketones is 1. The molecule has 1 fully saturated rings. The SMILES string of the molecule is COc1ccc(N2C(=O)[C@@H]3C(C(=O)c4ccco4)=NO[C@@H]3C2=O)cc1. The van der Waals surface area contributed by atoms with Crippen LogP contribution in [-0.2, 0) is 14.4 Å². The monoisotopic (exact) mass is 340 g/mol. The Balaban J connectivity index is 1.65. The number of benzene rings is 1. The van der Waals surface area contributed by atoms with Crippen LogP contribution in [0.3, 0.4) is 0 Å². The molecule has 2 atom stereocenters. The third-order valence-corrected chi connectivity index (χ3v) is 4.12. The van der Waals surface area contributed by atoms with E-state index in [2.05, 4.69) is 5.16 Å². The lowest BCUT2D eigenvalue weighted by Crippen LogP contribution is -2.34. The Labute approximate surface area is 141 Å². The molecule has 8 nitrogen and oxygen atoms in total. The quantitative estimate of drug-likeness (QED) is 0.616. The van der Waals surface area contributed by atoms with Gasteiger partial charge < -0.3 is 14.0 Å². The van der Waals surface area contributed by atoms with Crippen LogP contribution in [0.5, 0.6) is 5.75 Å². The number of amides is 2. The van der Waals surface area contributed by atoms with Gasteiger partial charge in [-0.05, 0) is 36.4 Å². The molecule has 1 aromatic heterocycles. The number of carbonyl (C=O) groups is 3. The Morgan fingerprint density at radius 3 is 2.56 bits per heavy atom. The van der Waals surface area contributed by atoms with Gasteiger partial charge in [-0.25, -0.2) is 4.90 Å². The van der Waals surface area contributed by atoms with E-state index in [0.717, 1.165) is 4.90 Å². The molecule has 2 aromatic rings. The van der Waals surface area contributed by atoms with Crippen LogP contribution in [0.2, 0.25) is 0 Å². The molecule has 0 radical (unpaired) electrons. The summed E-state index contributed by atoms with van der Waals surface area (Å²) in [6.07, 6.45) is 0.204. The molecule has 0 unspecified atom stereocenters. The number of furan rings is 1. The van der Waals surface area contributed by atoms with Crippen LogP contribution in [0.1, 0.15) is 10.6 Å². The maximum absolute atomic E-state index is 12.8. The third kappa shape index (κ3) is 2.22. The molecule has 3 heterocycles. The minimum Gasteiger partial charge on any atom is -0.497 e. The number of anilines is 1. The first kappa shape index (κ1) is 15.1. The van der Waals surface area contributed by atoms with Gasteiger partial charge in [-0.2, -0.15) is 0 Å². The van der Waals surface area contributed by atoms with Crippen molar-refractivity contribution >= 4 is 29.0 Å². The molecule has 0 saturated carbocycles. The molecule has 126 valence electrons. The molecule has 2 aliphatic heterocycles. The predicted molar refractivity (Wildman–Crippen MR) is 84.3 cm³/mol. The van der Waals surface area contributed by atoms with Crippen LogP contribution in [-0.4, -0.2) is 36.5 Å². The van der Waals surface area contributed by atoms with E-state index >= 15 is 0 Å². The number of imide groups is 1. The number of rotatable bonds is 4. The minimum absolute atomic E-state index is 0.0335. The Hall–Kier alpha value is -3.42. The molecular weight excluding hydrogens is 328 g/mol. The Morgan fingerprint density at radius 1 is 1.16 bits per heavy atom. The topological polar surface area (TPSA) is 98.4 Å². The summed E-state index contributed by atoms with van der Waals surface area (Å²) in [6.45, 7) is 0. The van der Waals surface area contributed by atoms with E-state index in [1.54, 1.807) is 30.3 Å². The lowest BCUT2D eigenvalue weighted by atomic mass is 9.96. The van der Waals surface area contributed by atoms with Crippen LogP contribution in [0.4, 0.5) is 5.69 Å². The summed E-state index contributed by atoms with van der Waals surface area (Å²) in [7, 11) is 1.52. The Morgan fingerprint density at radius 2 is 1.92 bits per heavy atom. The van der Waals surface area contributed by atoms with Crippen molar-refractivity contribution < 1.29 is 28.4 Å². The summed E-state index contributed by atoms with van der Waals surface area (Å²) in [5.74, 6) is -2.15. The normalized spacial score (nSPS) is 21.8. The molecule has 25 heavy (non-hydrogen) atoms. The first-order chi connectivity index (χ1) is 12.1. The molecule has 8 heteroatoms. The molecule has 1 saturated heterocycles. The molecule has 0 aliphatic carbocycles. The van der Waals surface area contributed by atoms with Crippen LogP contribution < -0.4 is 9.64 Å². The highest BCUT2D eigenvalue weighted by Crippen LogP contribution is 2.34. The van der Waals surface area contributed by atoms with E-state index < -0.39 is 29.6 Å². The van der Waals surface area contributed by atoms with Gasteiger partial charge in [0, 0.05) is 0 Å². The summed E-state index contributed by atoms with van der Waals surface area (Å²) in [6, 6.07) is 9.44. The van der Waals surface area contributed by atoms with Gasteiger partial charge in [-0.3, -0.25) is 14.4 Å². The summed E-state index contributed by atoms with van der Waals surface area (Å²) < 4.78 is 10.1. The molecule has 0 bridgehead atoms. The average molecular weight is 340 g/mol. The third-order valence-electron chi connectivity index (χ3n) is 4.12. The van der Waals surface area contributed by atoms with Gasteiger partial charge in [0.05, 0.1) is 19.1 Å². The lowest BCUT2D eigenvalue weighted by molar-refractivity contribution is -0.126. The number of Topliss-reactive ketones (excluding diaryl/α,β-unsaturated/α-hetero) is 1. The highest BCUT2D eigenvalue weighted by molar-refractivity contribution is 6.52. The van der Waals surface area contributed by atoms with Crippen molar-refractivity contribution in [2.24, 2.45) is 11.1 Å². The highest BCUT2D eigenvalue weighted by atomic mass is 16.7. The largest absolute Gasteiger partial charge is 0.497 e. The fourth-order valence-corrected chi connectivity index (χ4v) is 2.89. The Bertz CT molecular complexity index is 884. The van der Waals surface area contributed by atoms with E-state index in [1.807, 2.05) is 0 Å². The van der Waals surface area contributed by atoms with Gasteiger partial charge in [0.25, 0.3) is 5.91 Å². The second-order valence-electron chi connectivity index (χ2n) is 5.50. The summed E-state index contributed by atoms with van der Waals surface area (Å²) in [4.78, 5) is 43.8. The van der Waals surface area contributed by atoms with Crippen LogP contribution in [0.25, 0.3) is 0 Å². The van der Waals surface area contributed by atoms with Crippen molar-refractivity contribution in [3.8, 4) is 5.75 Å². The van der Waals surface area contributed by atoms with Gasteiger partial charge >= 0.3 is 0 Å². The first-order valence-electron chi connectivity index (χ1n) is 7.45. The van der Waals surface area contributed by atoms with Crippen molar-refractivity contribution in [3.63, 3.8) is 0 Å². The second kappa shape index (κ2) is 5.59. The van der Waals surface area contributed by atoms with Crippen molar-refractivity contribution in [2.75, 3.05) is 12.0 Å². The maximum Gasteiger partial charge on any atom is 0.278 e. The zero-order valence-electron chi connectivity index (χ0n) is 13.0. The first-order valence-corrected chi connectivity index (χ1v) is 7.45. The van der Waals surface area contributed by atoms with Gasteiger partial charge in [0.2, 0.25) is 17.8 Å². The molecule has 0 spiro atoms. The molecule has 0 N–H and O–H groups in total. The van der Waals surface area contributed by atoms with E-state index in [1.165, 1.54) is 19.4 Å². The second-order valence-corrected chi connectivity index (χ2v) is 5.50. The lowest BCUT2D eigenvalue weighted by Gasteiger charge is -2.15. The van der Waals surface area contributed by atoms with E-state index in [4.69, 9.17) is 14.0 Å². The van der Waals surface area contributed by atoms with E-state index in [9.17, 15) is 14.4 Å². The maximum atomic E-state index is 12.8. The van der Waals surface area contributed by atoms with E-state index in [-0.39, 0.29) is 11.5 Å². The van der Waals surface area contributed by atoms with Gasteiger partial charge in [-0.15, -0.1) is 0 Å². The van der Waals surface area contributed by atoms with Crippen LogP contribution in [0.15, 0.2) is 52.2 Å². The van der Waals surface area contributed by atoms with E-state index in [0.29, 0.717) is 11.4 Å². The van der Waals surface area contributed by atoms with Crippen LogP contribution in [0, 0.1) is 5.92 Å². The molecule has 4 rings (SSSR count). The zero-order valence-corrected chi connectivity index (χ0v) is 13.0. The standard InChI is InChI=1S/C17H12N2O6/c1-23-10-6-4-9(5-7-10)19-16(21)12-13(18-25-15(12)17(19)22)14(20)11-3-2-8-24-11/h2-8,12,15H,1H3/t12-,15+/m1/s1. The van der Waals surface area contributed by atoms with Crippen LogP contribution >= 0.6 is 0 Å². The summed E-state index contributed by atoms with van der Waals surface area (Å²) in [5.41, 5.74) is 0.243. The number of ether oxygens (including phenoxy) is 1. The molecular formula is C17H12N2O6. The number of methoxy groups -OCH3 is 1. The van der Waals surface area contributed by atoms with Crippen molar-refractivity contribution in [1.82, 2.24) is 0 Å². The predicted octanol–water partition coefficient (Wildman–Crippen LogP) is 1.42. The number of carbonyl (C=O) groups excluding carboxylic acids is 3. The Kier molecular flexibility index (Phi) is 3.38. The molecule has 2 amide bonds. The van der Waals surface area contributed by atoms with Gasteiger partial charge in [0.15, 0.2) is 5.76 Å². The van der Waals surface area contributed by atoms with Crippen molar-refractivity contribution in [3.05, 3.63) is 48.4 Å². The number of oxime groups is 1. The average Bonchev–Trinajstić information content (AvgIpc) is 3.35. The molecule has 1 aromatic carbocycles. The highest BCUT2D eigenvalue weighted by Gasteiger charge is 2.57. The smallest absolute Gasteiger partial charge is 0.278 e.